The number of rotatable bonds is 8. The third-order valence-corrected chi connectivity index (χ3v) is 6.76. The number of aliphatic imine (C=N–C) groups is 1. The van der Waals surface area contributed by atoms with E-state index in [0.717, 1.165) is 84.2 Å². The maximum absolute atomic E-state index is 12.6. The van der Waals surface area contributed by atoms with Crippen molar-refractivity contribution in [2.75, 3.05) is 72.6 Å². The quantitative estimate of drug-likeness (QED) is 0.378. The van der Waals surface area contributed by atoms with Gasteiger partial charge in [0.15, 0.2) is 5.96 Å². The monoisotopic (exact) mass is 407 g/mol. The topological polar surface area (TPSA) is 60.4 Å². The Hall–Kier alpha value is -1.34. The number of amides is 1. The van der Waals surface area contributed by atoms with Gasteiger partial charge in [0, 0.05) is 66.1 Å². The first kappa shape index (κ1) is 22.3. The third kappa shape index (κ3) is 6.85. The molecule has 3 rings (SSSR count). The molecule has 0 aromatic rings. The van der Waals surface area contributed by atoms with Crippen LogP contribution in [0.15, 0.2) is 4.99 Å². The average Bonchev–Trinajstić information content (AvgIpc) is 3.54. The maximum atomic E-state index is 12.6. The number of hydrogen-bond acceptors (Lipinski definition) is 4. The lowest BCUT2D eigenvalue weighted by molar-refractivity contribution is -0.132. The number of likely N-dealkylation sites (tertiary alicyclic amines) is 1. The van der Waals surface area contributed by atoms with Crippen molar-refractivity contribution in [3.8, 4) is 0 Å². The van der Waals surface area contributed by atoms with Gasteiger partial charge in [-0.1, -0.05) is 12.8 Å². The fourth-order valence-electron chi connectivity index (χ4n) is 4.45. The molecular formula is C22H41N5O2. The molecule has 0 aromatic carbocycles. The van der Waals surface area contributed by atoms with Crippen LogP contribution in [-0.2, 0) is 9.53 Å². The average molecular weight is 408 g/mol. The summed E-state index contributed by atoms with van der Waals surface area (Å²) in [4.78, 5) is 23.9. The second kappa shape index (κ2) is 11.2. The standard InChI is InChI=1S/C22H41N5O2/c1-3-29-17-10-22(8-9-22)19-24-21(23-2)27-15-13-25(14-16-27)18-20(28)26-11-6-4-5-7-12-26/h3-19H2,1-2H3,(H,23,24). The first-order chi connectivity index (χ1) is 14.2. The summed E-state index contributed by atoms with van der Waals surface area (Å²) in [6.45, 7) is 10.9. The highest BCUT2D eigenvalue weighted by Gasteiger charge is 2.42. The third-order valence-electron chi connectivity index (χ3n) is 6.76. The summed E-state index contributed by atoms with van der Waals surface area (Å²) in [5.74, 6) is 1.32. The molecule has 7 heteroatoms. The Morgan fingerprint density at radius 1 is 1.00 bits per heavy atom. The Kier molecular flexibility index (Phi) is 8.60. The highest BCUT2D eigenvalue weighted by molar-refractivity contribution is 5.80. The van der Waals surface area contributed by atoms with Crippen LogP contribution in [0.25, 0.3) is 0 Å². The number of carbonyl (C=O) groups excluding carboxylic acids is 1. The highest BCUT2D eigenvalue weighted by atomic mass is 16.5. The van der Waals surface area contributed by atoms with Gasteiger partial charge in [-0.2, -0.15) is 0 Å². The molecule has 1 amide bonds. The van der Waals surface area contributed by atoms with E-state index in [-0.39, 0.29) is 0 Å². The molecule has 3 fully saturated rings. The normalized spacial score (nSPS) is 23.0. The molecule has 1 N–H and O–H groups in total. The zero-order valence-corrected chi connectivity index (χ0v) is 18.6. The molecule has 1 saturated carbocycles. The molecule has 0 aromatic heterocycles. The first-order valence-electron chi connectivity index (χ1n) is 11.7. The summed E-state index contributed by atoms with van der Waals surface area (Å²) in [5.41, 5.74) is 0.409. The molecule has 3 aliphatic rings. The molecule has 1 aliphatic carbocycles. The summed E-state index contributed by atoms with van der Waals surface area (Å²) in [7, 11) is 1.87. The minimum Gasteiger partial charge on any atom is -0.382 e. The van der Waals surface area contributed by atoms with E-state index in [1.807, 2.05) is 7.05 Å². The van der Waals surface area contributed by atoms with Gasteiger partial charge in [-0.3, -0.25) is 14.7 Å². The van der Waals surface area contributed by atoms with E-state index in [2.05, 4.69) is 31.9 Å². The Labute approximate surface area is 176 Å². The van der Waals surface area contributed by atoms with E-state index in [1.54, 1.807) is 0 Å². The minimum absolute atomic E-state index is 0.313. The van der Waals surface area contributed by atoms with Crippen LogP contribution in [0.4, 0.5) is 0 Å². The molecule has 0 radical (unpaired) electrons. The Bertz CT molecular complexity index is 533. The predicted octanol–water partition coefficient (Wildman–Crippen LogP) is 1.79. The number of carbonyl (C=O) groups is 1. The van der Waals surface area contributed by atoms with Crippen LogP contribution in [-0.4, -0.2) is 99.2 Å². The van der Waals surface area contributed by atoms with E-state index in [0.29, 0.717) is 17.9 Å². The Morgan fingerprint density at radius 3 is 2.28 bits per heavy atom. The van der Waals surface area contributed by atoms with Gasteiger partial charge in [0.2, 0.25) is 5.91 Å². The van der Waals surface area contributed by atoms with Crippen LogP contribution in [0, 0.1) is 5.41 Å². The number of hydrogen-bond donors (Lipinski definition) is 1. The maximum Gasteiger partial charge on any atom is 0.236 e. The molecule has 0 spiro atoms. The van der Waals surface area contributed by atoms with Crippen LogP contribution >= 0.6 is 0 Å². The number of guanidine groups is 1. The van der Waals surface area contributed by atoms with Crippen molar-refractivity contribution < 1.29 is 9.53 Å². The Balaban J connectivity index is 1.38. The second-order valence-electron chi connectivity index (χ2n) is 8.91. The van der Waals surface area contributed by atoms with E-state index in [1.165, 1.54) is 25.7 Å². The van der Waals surface area contributed by atoms with Crippen LogP contribution in [0.3, 0.4) is 0 Å². The molecule has 0 unspecified atom stereocenters. The summed E-state index contributed by atoms with van der Waals surface area (Å²) >= 11 is 0. The molecule has 29 heavy (non-hydrogen) atoms. The summed E-state index contributed by atoms with van der Waals surface area (Å²) in [6, 6.07) is 0. The molecule has 2 saturated heterocycles. The van der Waals surface area contributed by atoms with Gasteiger partial charge in [0.25, 0.3) is 0 Å². The molecule has 7 nitrogen and oxygen atoms in total. The number of piperazine rings is 1. The largest absolute Gasteiger partial charge is 0.382 e. The van der Waals surface area contributed by atoms with Gasteiger partial charge in [-0.15, -0.1) is 0 Å². The van der Waals surface area contributed by atoms with Gasteiger partial charge in [0.05, 0.1) is 6.54 Å². The van der Waals surface area contributed by atoms with Gasteiger partial charge < -0.3 is 19.9 Å². The van der Waals surface area contributed by atoms with Crippen molar-refractivity contribution in [1.29, 1.82) is 0 Å². The van der Waals surface area contributed by atoms with Gasteiger partial charge in [-0.25, -0.2) is 0 Å². The zero-order chi connectivity index (χ0) is 20.5. The smallest absolute Gasteiger partial charge is 0.236 e. The van der Waals surface area contributed by atoms with E-state index in [9.17, 15) is 4.79 Å². The molecule has 0 atom stereocenters. The van der Waals surface area contributed by atoms with E-state index in [4.69, 9.17) is 4.74 Å². The fourth-order valence-corrected chi connectivity index (χ4v) is 4.45. The van der Waals surface area contributed by atoms with Crippen molar-refractivity contribution in [3.63, 3.8) is 0 Å². The number of nitrogens with one attached hydrogen (secondary N) is 1. The SMILES string of the molecule is CCOCCC1(CNC(=NC)N2CCN(CC(=O)N3CCCCCC3)CC2)CC1. The van der Waals surface area contributed by atoms with Crippen molar-refractivity contribution in [3.05, 3.63) is 0 Å². The van der Waals surface area contributed by atoms with E-state index < -0.39 is 0 Å². The lowest BCUT2D eigenvalue weighted by Gasteiger charge is -2.37. The van der Waals surface area contributed by atoms with Gasteiger partial charge >= 0.3 is 0 Å². The van der Waals surface area contributed by atoms with E-state index >= 15 is 0 Å². The van der Waals surface area contributed by atoms with Gasteiger partial charge in [-0.05, 0) is 44.4 Å². The second-order valence-corrected chi connectivity index (χ2v) is 8.91. The summed E-state index contributed by atoms with van der Waals surface area (Å²) in [5, 5.41) is 3.61. The van der Waals surface area contributed by atoms with Crippen LogP contribution in [0.2, 0.25) is 0 Å². The molecule has 0 bridgehead atoms. The predicted molar refractivity (Wildman–Crippen MR) is 117 cm³/mol. The zero-order valence-electron chi connectivity index (χ0n) is 18.6. The molecular weight excluding hydrogens is 366 g/mol. The van der Waals surface area contributed by atoms with Crippen LogP contribution in [0.1, 0.15) is 51.9 Å². The number of ether oxygens (including phenoxy) is 1. The molecule has 2 aliphatic heterocycles. The van der Waals surface area contributed by atoms with Crippen LogP contribution in [0.5, 0.6) is 0 Å². The lowest BCUT2D eigenvalue weighted by atomic mass is 10.0. The Morgan fingerprint density at radius 2 is 1.69 bits per heavy atom. The molecule has 2 heterocycles. The first-order valence-corrected chi connectivity index (χ1v) is 11.7. The van der Waals surface area contributed by atoms with Crippen molar-refractivity contribution in [2.45, 2.75) is 51.9 Å². The van der Waals surface area contributed by atoms with Crippen molar-refractivity contribution >= 4 is 11.9 Å². The fraction of sp³-hybridized carbons (Fsp3) is 0.909. The highest BCUT2D eigenvalue weighted by Crippen LogP contribution is 2.48. The van der Waals surface area contributed by atoms with Crippen molar-refractivity contribution in [2.24, 2.45) is 10.4 Å². The summed E-state index contributed by atoms with van der Waals surface area (Å²) in [6.07, 6.45) is 8.56. The van der Waals surface area contributed by atoms with Crippen LogP contribution < -0.4 is 5.32 Å². The molecule has 166 valence electrons. The summed E-state index contributed by atoms with van der Waals surface area (Å²) < 4.78 is 5.55. The van der Waals surface area contributed by atoms with Crippen molar-refractivity contribution in [1.82, 2.24) is 20.0 Å². The van der Waals surface area contributed by atoms with Gasteiger partial charge in [0.1, 0.15) is 0 Å². The minimum atomic E-state index is 0.313. The number of nitrogens with zero attached hydrogens (tertiary/aromatic N) is 4. The lowest BCUT2D eigenvalue weighted by Crippen LogP contribution is -2.54.